The molecule has 20 heavy (non-hydrogen) atoms. The summed E-state index contributed by atoms with van der Waals surface area (Å²) in [5.41, 5.74) is 4.93. The minimum absolute atomic E-state index is 0.255. The molecule has 0 saturated carbocycles. The number of benzene rings is 1. The van der Waals surface area contributed by atoms with E-state index in [2.05, 4.69) is 49.2 Å². The van der Waals surface area contributed by atoms with Gasteiger partial charge in [0.1, 0.15) is 0 Å². The van der Waals surface area contributed by atoms with E-state index >= 15 is 0 Å². The minimum atomic E-state index is 0.255. The van der Waals surface area contributed by atoms with E-state index in [-0.39, 0.29) is 5.54 Å². The van der Waals surface area contributed by atoms with Gasteiger partial charge >= 0.3 is 0 Å². The van der Waals surface area contributed by atoms with E-state index in [1.165, 1.54) is 37.8 Å². The van der Waals surface area contributed by atoms with Crippen molar-refractivity contribution in [2.45, 2.75) is 64.6 Å². The van der Waals surface area contributed by atoms with Crippen molar-refractivity contribution in [1.29, 1.82) is 0 Å². The van der Waals surface area contributed by atoms with Crippen LogP contribution in [0.25, 0.3) is 0 Å². The minimum Gasteiger partial charge on any atom is -0.311 e. The van der Waals surface area contributed by atoms with Gasteiger partial charge in [0.15, 0.2) is 0 Å². The average molecular weight is 272 g/mol. The Bertz CT molecular complexity index is 478. The van der Waals surface area contributed by atoms with E-state index in [1.807, 2.05) is 0 Å². The molecule has 110 valence electrons. The molecule has 1 heterocycles. The largest absolute Gasteiger partial charge is 0.311 e. The fourth-order valence-electron chi connectivity index (χ4n) is 3.58. The molecule has 1 aliphatic carbocycles. The Morgan fingerprint density at radius 1 is 1.25 bits per heavy atom. The summed E-state index contributed by atoms with van der Waals surface area (Å²) in [6.45, 7) is 10.4. The first-order valence-electron chi connectivity index (χ1n) is 8.17. The molecule has 1 aromatic carbocycles. The van der Waals surface area contributed by atoms with Gasteiger partial charge in [-0.05, 0) is 56.2 Å². The Balaban J connectivity index is 1.75. The summed E-state index contributed by atoms with van der Waals surface area (Å²) in [6, 6.07) is 7.83. The van der Waals surface area contributed by atoms with E-state index in [0.717, 1.165) is 13.1 Å². The molecular formula is C18H28N2. The van der Waals surface area contributed by atoms with E-state index in [4.69, 9.17) is 0 Å². The highest BCUT2D eigenvalue weighted by molar-refractivity contribution is 5.35. The summed E-state index contributed by atoms with van der Waals surface area (Å²) in [5.74, 6) is 0. The molecule has 1 saturated heterocycles. The number of piperazine rings is 1. The molecule has 2 aliphatic rings. The van der Waals surface area contributed by atoms with Crippen molar-refractivity contribution in [1.82, 2.24) is 10.2 Å². The highest BCUT2D eigenvalue weighted by atomic mass is 15.3. The van der Waals surface area contributed by atoms with Crippen LogP contribution in [0.3, 0.4) is 0 Å². The molecule has 2 heteroatoms. The molecule has 1 fully saturated rings. The van der Waals surface area contributed by atoms with Crippen molar-refractivity contribution >= 4 is 0 Å². The van der Waals surface area contributed by atoms with Crippen LogP contribution >= 0.6 is 0 Å². The first-order valence-corrected chi connectivity index (χ1v) is 8.17. The van der Waals surface area contributed by atoms with Crippen molar-refractivity contribution in [3.8, 4) is 0 Å². The van der Waals surface area contributed by atoms with Crippen molar-refractivity contribution < 1.29 is 0 Å². The van der Waals surface area contributed by atoms with Crippen molar-refractivity contribution in [2.75, 3.05) is 13.1 Å². The van der Waals surface area contributed by atoms with Crippen LogP contribution < -0.4 is 5.32 Å². The van der Waals surface area contributed by atoms with Crippen LogP contribution in [0.5, 0.6) is 0 Å². The molecule has 2 nitrogen and oxygen atoms in total. The molecule has 1 aliphatic heterocycles. The van der Waals surface area contributed by atoms with E-state index in [1.54, 1.807) is 11.1 Å². The Kier molecular flexibility index (Phi) is 3.87. The molecule has 0 bridgehead atoms. The lowest BCUT2D eigenvalue weighted by atomic mass is 9.95. The summed E-state index contributed by atoms with van der Waals surface area (Å²) in [5, 5.41) is 3.67. The molecule has 0 aromatic heterocycles. The fraction of sp³-hybridized carbons (Fsp3) is 0.667. The first kappa shape index (κ1) is 14.1. The topological polar surface area (TPSA) is 15.3 Å². The van der Waals surface area contributed by atoms with Gasteiger partial charge in [0.25, 0.3) is 0 Å². The summed E-state index contributed by atoms with van der Waals surface area (Å²) in [4.78, 5) is 2.66. The number of aryl methyl sites for hydroxylation is 2. The second-order valence-electron chi connectivity index (χ2n) is 7.14. The lowest BCUT2D eigenvalue weighted by Crippen LogP contribution is -2.61. The van der Waals surface area contributed by atoms with Crippen molar-refractivity contribution in [3.63, 3.8) is 0 Å². The molecule has 1 unspecified atom stereocenters. The van der Waals surface area contributed by atoms with Gasteiger partial charge in [-0.15, -0.1) is 0 Å². The molecule has 3 rings (SSSR count). The predicted molar refractivity (Wildman–Crippen MR) is 85.0 cm³/mol. The Morgan fingerprint density at radius 2 is 2.05 bits per heavy atom. The number of fused-ring (bicyclic) bond motifs is 1. The quantitative estimate of drug-likeness (QED) is 0.909. The second-order valence-corrected chi connectivity index (χ2v) is 7.14. The summed E-state index contributed by atoms with van der Waals surface area (Å²) >= 11 is 0. The lowest BCUT2D eigenvalue weighted by Gasteiger charge is -2.46. The van der Waals surface area contributed by atoms with Crippen LogP contribution in [0.4, 0.5) is 0 Å². The van der Waals surface area contributed by atoms with Gasteiger partial charge in [0, 0.05) is 31.2 Å². The zero-order valence-corrected chi connectivity index (χ0v) is 13.2. The molecule has 0 radical (unpaired) electrons. The molecule has 1 aromatic rings. The molecule has 1 N–H and O–H groups in total. The van der Waals surface area contributed by atoms with Crippen LogP contribution in [0.2, 0.25) is 0 Å². The number of rotatable bonds is 3. The van der Waals surface area contributed by atoms with Crippen LogP contribution in [-0.2, 0) is 19.4 Å². The molecule has 0 spiro atoms. The normalized spacial score (nSPS) is 25.6. The maximum absolute atomic E-state index is 3.67. The van der Waals surface area contributed by atoms with Gasteiger partial charge < -0.3 is 5.32 Å². The second kappa shape index (κ2) is 5.50. The van der Waals surface area contributed by atoms with Gasteiger partial charge in [0.05, 0.1) is 0 Å². The zero-order chi connectivity index (χ0) is 14.2. The number of nitrogens with one attached hydrogen (secondary N) is 1. The predicted octanol–water partition coefficient (Wildman–Crippen LogP) is 3.14. The standard InChI is InChI=1S/C18H28N2/c1-4-17-12-20(18(2,3)13-19-17)11-14-8-9-15-6-5-7-16(15)10-14/h8-10,17,19H,4-7,11-13H2,1-3H3. The van der Waals surface area contributed by atoms with Gasteiger partial charge in [0.2, 0.25) is 0 Å². The summed E-state index contributed by atoms with van der Waals surface area (Å²) in [6.07, 6.45) is 5.13. The van der Waals surface area contributed by atoms with Crippen LogP contribution in [0, 0.1) is 0 Å². The van der Waals surface area contributed by atoms with Crippen LogP contribution in [0.15, 0.2) is 18.2 Å². The zero-order valence-electron chi connectivity index (χ0n) is 13.2. The van der Waals surface area contributed by atoms with Crippen LogP contribution in [0.1, 0.15) is 50.3 Å². The smallest absolute Gasteiger partial charge is 0.0281 e. The van der Waals surface area contributed by atoms with Crippen molar-refractivity contribution in [2.24, 2.45) is 0 Å². The average Bonchev–Trinajstić information content (AvgIpc) is 2.88. The third kappa shape index (κ3) is 2.77. The number of hydrogen-bond donors (Lipinski definition) is 1. The highest BCUT2D eigenvalue weighted by Crippen LogP contribution is 2.26. The van der Waals surface area contributed by atoms with Gasteiger partial charge in [-0.2, -0.15) is 0 Å². The monoisotopic (exact) mass is 272 g/mol. The Labute approximate surface area is 123 Å². The summed E-state index contributed by atoms with van der Waals surface area (Å²) in [7, 11) is 0. The Hall–Kier alpha value is -0.860. The molecular weight excluding hydrogens is 244 g/mol. The van der Waals surface area contributed by atoms with E-state index in [9.17, 15) is 0 Å². The van der Waals surface area contributed by atoms with Gasteiger partial charge in [-0.25, -0.2) is 0 Å². The van der Waals surface area contributed by atoms with E-state index < -0.39 is 0 Å². The lowest BCUT2D eigenvalue weighted by molar-refractivity contribution is 0.0577. The maximum Gasteiger partial charge on any atom is 0.0281 e. The summed E-state index contributed by atoms with van der Waals surface area (Å²) < 4.78 is 0. The SMILES string of the molecule is CCC1CN(Cc2ccc3c(c2)CCC3)C(C)(C)CN1. The Morgan fingerprint density at radius 3 is 2.85 bits per heavy atom. The fourth-order valence-corrected chi connectivity index (χ4v) is 3.58. The maximum atomic E-state index is 3.67. The first-order chi connectivity index (χ1) is 9.58. The molecule has 0 amide bonds. The van der Waals surface area contributed by atoms with Crippen LogP contribution in [-0.4, -0.2) is 29.6 Å². The molecule has 1 atom stereocenters. The third-order valence-electron chi connectivity index (χ3n) is 5.15. The number of nitrogens with zero attached hydrogens (tertiary/aromatic N) is 1. The van der Waals surface area contributed by atoms with Gasteiger partial charge in [-0.1, -0.05) is 25.1 Å². The number of hydrogen-bond acceptors (Lipinski definition) is 2. The third-order valence-corrected chi connectivity index (χ3v) is 5.15. The van der Waals surface area contributed by atoms with Gasteiger partial charge in [-0.3, -0.25) is 4.90 Å². The van der Waals surface area contributed by atoms with Crippen molar-refractivity contribution in [3.05, 3.63) is 34.9 Å². The van der Waals surface area contributed by atoms with E-state index in [0.29, 0.717) is 6.04 Å². The highest BCUT2D eigenvalue weighted by Gasteiger charge is 2.33.